The van der Waals surface area contributed by atoms with Gasteiger partial charge in [-0.25, -0.2) is 4.57 Å². The predicted octanol–water partition coefficient (Wildman–Crippen LogP) is 11.6. The number of phosphoric acid groups is 1. The molecule has 0 radical (unpaired) electrons. The number of carbonyl (C=O) groups excluding carboxylic acids is 1. The minimum atomic E-state index is -4.60. The summed E-state index contributed by atoms with van der Waals surface area (Å²) in [6, 6.07) is -1.47. The Hall–Kier alpha value is -1.03. The number of unbranched alkanes of at least 4 members (excludes halogenated alkanes) is 28. The molecule has 0 aliphatic carbocycles. The van der Waals surface area contributed by atoms with Crippen LogP contribution in [0, 0.1) is 0 Å². The zero-order valence-electron chi connectivity index (χ0n) is 33.7. The normalized spacial score (nSPS) is 13.9. The van der Waals surface area contributed by atoms with Gasteiger partial charge in [0.25, 0.3) is 0 Å². The number of carbonyl (C=O) groups is 2. The van der Waals surface area contributed by atoms with Crippen LogP contribution in [0.4, 0.5) is 0 Å². The van der Waals surface area contributed by atoms with E-state index in [1.54, 1.807) is 0 Å². The number of hydrogen-bond acceptors (Lipinski definition) is 8. The third-order valence-corrected chi connectivity index (χ3v) is 10.6. The standard InChI is InChI=1S/C41H82NO9P/c1-3-5-7-9-11-13-15-16-17-18-19-20-21-22-23-24-25-27-29-31-33-40(43)51-38(36-49-52(46,47)50-37-39(42)41(44)45)35-48-34-32-30-28-26-14-12-10-8-6-4-2/h38-39H,3-37,42H2,1-2H3,(H,44,45)(H,46,47). The molecule has 310 valence electrons. The average molecular weight is 764 g/mol. The van der Waals surface area contributed by atoms with Crippen LogP contribution in [-0.4, -0.2) is 60.5 Å². The Morgan fingerprint density at radius 3 is 1.27 bits per heavy atom. The van der Waals surface area contributed by atoms with Crippen LogP contribution in [0.1, 0.15) is 213 Å². The summed E-state index contributed by atoms with van der Waals surface area (Å²) in [6.07, 6.45) is 37.3. The van der Waals surface area contributed by atoms with Crippen LogP contribution in [0.5, 0.6) is 0 Å². The summed E-state index contributed by atoms with van der Waals surface area (Å²) < 4.78 is 33.3. The number of aliphatic carboxylic acids is 1. The molecule has 0 fully saturated rings. The van der Waals surface area contributed by atoms with Gasteiger partial charge in [0.2, 0.25) is 0 Å². The van der Waals surface area contributed by atoms with E-state index in [-0.39, 0.29) is 13.0 Å². The van der Waals surface area contributed by atoms with Gasteiger partial charge in [-0.3, -0.25) is 18.6 Å². The van der Waals surface area contributed by atoms with Crippen LogP contribution < -0.4 is 5.73 Å². The smallest absolute Gasteiger partial charge is 0.472 e. The molecule has 0 heterocycles. The van der Waals surface area contributed by atoms with Gasteiger partial charge in [-0.2, -0.15) is 0 Å². The highest BCUT2D eigenvalue weighted by Crippen LogP contribution is 2.43. The topological polar surface area (TPSA) is 155 Å². The number of phosphoric ester groups is 1. The van der Waals surface area contributed by atoms with Gasteiger partial charge in [0.05, 0.1) is 19.8 Å². The molecule has 10 nitrogen and oxygen atoms in total. The van der Waals surface area contributed by atoms with E-state index in [0.717, 1.165) is 38.5 Å². The molecule has 4 N–H and O–H groups in total. The van der Waals surface area contributed by atoms with Crippen molar-refractivity contribution in [2.45, 2.75) is 225 Å². The van der Waals surface area contributed by atoms with Gasteiger partial charge in [0, 0.05) is 13.0 Å². The van der Waals surface area contributed by atoms with Crippen molar-refractivity contribution in [3.05, 3.63) is 0 Å². The van der Waals surface area contributed by atoms with E-state index in [9.17, 15) is 19.0 Å². The molecule has 0 aliphatic heterocycles. The van der Waals surface area contributed by atoms with E-state index in [4.69, 9.17) is 29.4 Å². The lowest BCUT2D eigenvalue weighted by molar-refractivity contribution is -0.154. The SMILES string of the molecule is CCCCCCCCCCCCCCCCCCCCCCC(=O)OC(COCCCCCCCCCCCC)COP(=O)(O)OCC(N)C(=O)O. The monoisotopic (exact) mass is 764 g/mol. The number of ether oxygens (including phenoxy) is 2. The Balaban J connectivity index is 4.11. The summed E-state index contributed by atoms with van der Waals surface area (Å²) >= 11 is 0. The molecule has 0 aromatic carbocycles. The summed E-state index contributed by atoms with van der Waals surface area (Å²) in [5, 5.41) is 8.87. The third kappa shape index (κ3) is 37.3. The molecule has 0 saturated carbocycles. The summed E-state index contributed by atoms with van der Waals surface area (Å²) in [5.74, 6) is -1.77. The van der Waals surface area contributed by atoms with Gasteiger partial charge >= 0.3 is 19.8 Å². The van der Waals surface area contributed by atoms with E-state index in [1.807, 2.05) is 0 Å². The van der Waals surface area contributed by atoms with Crippen molar-refractivity contribution in [1.29, 1.82) is 0 Å². The fourth-order valence-corrected chi connectivity index (χ4v) is 7.03. The lowest BCUT2D eigenvalue weighted by Crippen LogP contribution is -2.34. The highest BCUT2D eigenvalue weighted by Gasteiger charge is 2.27. The van der Waals surface area contributed by atoms with E-state index in [1.165, 1.54) is 154 Å². The molecule has 3 atom stereocenters. The molecule has 11 heteroatoms. The molecular formula is C41H82NO9P. The Bertz CT molecular complexity index is 847. The van der Waals surface area contributed by atoms with Crippen LogP contribution in [0.15, 0.2) is 0 Å². The van der Waals surface area contributed by atoms with E-state index < -0.39 is 45.1 Å². The fourth-order valence-electron chi connectivity index (χ4n) is 6.25. The highest BCUT2D eigenvalue weighted by molar-refractivity contribution is 7.47. The highest BCUT2D eigenvalue weighted by atomic mass is 31.2. The maximum Gasteiger partial charge on any atom is 0.472 e. The number of rotatable bonds is 42. The number of esters is 1. The number of carboxylic acids is 1. The zero-order valence-corrected chi connectivity index (χ0v) is 34.6. The second-order valence-corrected chi connectivity index (χ2v) is 16.3. The molecule has 0 aromatic heterocycles. The van der Waals surface area contributed by atoms with Crippen molar-refractivity contribution in [3.63, 3.8) is 0 Å². The second kappa shape index (κ2) is 38.3. The molecule has 0 spiro atoms. The summed E-state index contributed by atoms with van der Waals surface area (Å²) in [7, 11) is -4.60. The average Bonchev–Trinajstić information content (AvgIpc) is 3.12. The van der Waals surface area contributed by atoms with Gasteiger partial charge in [-0.05, 0) is 12.8 Å². The van der Waals surface area contributed by atoms with Crippen molar-refractivity contribution in [2.24, 2.45) is 5.73 Å². The van der Waals surface area contributed by atoms with Crippen LogP contribution in [0.3, 0.4) is 0 Å². The van der Waals surface area contributed by atoms with Crippen molar-refractivity contribution >= 4 is 19.8 Å². The zero-order chi connectivity index (χ0) is 38.4. The first-order chi connectivity index (χ1) is 25.2. The molecule has 0 bridgehead atoms. The molecule has 0 rings (SSSR count). The maximum atomic E-state index is 12.6. The Morgan fingerprint density at radius 1 is 0.538 bits per heavy atom. The van der Waals surface area contributed by atoms with Gasteiger partial charge < -0.3 is 25.2 Å². The molecule has 0 amide bonds. The van der Waals surface area contributed by atoms with Crippen LogP contribution >= 0.6 is 7.82 Å². The molecular weight excluding hydrogens is 681 g/mol. The first kappa shape index (κ1) is 51.0. The molecule has 52 heavy (non-hydrogen) atoms. The Kier molecular flexibility index (Phi) is 37.5. The quantitative estimate of drug-likeness (QED) is 0.0311. The number of carboxylic acid groups (broad SMARTS) is 1. The largest absolute Gasteiger partial charge is 0.480 e. The molecule has 0 aliphatic rings. The van der Waals surface area contributed by atoms with Gasteiger partial charge in [0.15, 0.2) is 0 Å². The van der Waals surface area contributed by atoms with Crippen molar-refractivity contribution in [3.8, 4) is 0 Å². The molecule has 0 saturated heterocycles. The molecule has 0 aromatic rings. The van der Waals surface area contributed by atoms with E-state index >= 15 is 0 Å². The van der Waals surface area contributed by atoms with Crippen LogP contribution in [0.25, 0.3) is 0 Å². The minimum Gasteiger partial charge on any atom is -0.480 e. The summed E-state index contributed by atoms with van der Waals surface area (Å²) in [5.41, 5.74) is 5.34. The lowest BCUT2D eigenvalue weighted by Gasteiger charge is -2.20. The minimum absolute atomic E-state index is 0.0249. The van der Waals surface area contributed by atoms with Gasteiger partial charge in [-0.1, -0.05) is 194 Å². The number of hydrogen-bond donors (Lipinski definition) is 3. The molecule has 3 unspecified atom stereocenters. The Morgan fingerprint density at radius 2 is 0.885 bits per heavy atom. The fraction of sp³-hybridized carbons (Fsp3) is 0.951. The first-order valence-electron chi connectivity index (χ1n) is 21.6. The lowest BCUT2D eigenvalue weighted by atomic mass is 10.0. The van der Waals surface area contributed by atoms with Crippen LogP contribution in [0.2, 0.25) is 0 Å². The van der Waals surface area contributed by atoms with E-state index in [0.29, 0.717) is 6.61 Å². The van der Waals surface area contributed by atoms with Crippen molar-refractivity contribution in [1.82, 2.24) is 0 Å². The third-order valence-electron chi connectivity index (χ3n) is 9.64. The van der Waals surface area contributed by atoms with Crippen molar-refractivity contribution in [2.75, 3.05) is 26.4 Å². The first-order valence-corrected chi connectivity index (χ1v) is 23.1. The second-order valence-electron chi connectivity index (χ2n) is 14.8. The Labute approximate surface area is 319 Å². The summed E-state index contributed by atoms with van der Waals surface area (Å²) in [4.78, 5) is 33.5. The van der Waals surface area contributed by atoms with E-state index in [2.05, 4.69) is 13.8 Å². The summed E-state index contributed by atoms with van der Waals surface area (Å²) in [6.45, 7) is 3.91. The maximum absolute atomic E-state index is 12.6. The van der Waals surface area contributed by atoms with Crippen LogP contribution in [-0.2, 0) is 32.7 Å². The van der Waals surface area contributed by atoms with Gasteiger partial charge in [-0.15, -0.1) is 0 Å². The number of nitrogens with two attached hydrogens (primary N) is 1. The predicted molar refractivity (Wildman–Crippen MR) is 213 cm³/mol. The van der Waals surface area contributed by atoms with Gasteiger partial charge in [0.1, 0.15) is 12.1 Å². The van der Waals surface area contributed by atoms with Crippen molar-refractivity contribution < 1.29 is 42.7 Å².